The third kappa shape index (κ3) is 4.96. The number of benzene rings is 2. The summed E-state index contributed by atoms with van der Waals surface area (Å²) in [4.78, 5) is 13.2. The van der Waals surface area contributed by atoms with Gasteiger partial charge in [0.1, 0.15) is 24.1 Å². The Morgan fingerprint density at radius 2 is 1.96 bits per heavy atom. The zero-order valence-corrected chi connectivity index (χ0v) is 14.6. The quantitative estimate of drug-likeness (QED) is 0.795. The van der Waals surface area contributed by atoms with Gasteiger partial charge in [0.05, 0.1) is 32.5 Å². The van der Waals surface area contributed by atoms with E-state index in [1.807, 2.05) is 25.2 Å². The average molecular weight is 340 g/mol. The van der Waals surface area contributed by atoms with E-state index in [2.05, 4.69) is 11.4 Å². The van der Waals surface area contributed by atoms with Crippen LogP contribution in [0.1, 0.15) is 11.1 Å². The number of quaternary nitrogens is 1. The van der Waals surface area contributed by atoms with E-state index in [9.17, 15) is 4.79 Å². The molecule has 0 fully saturated rings. The maximum atomic E-state index is 12.2. The molecule has 0 aliphatic rings. The molecule has 2 N–H and O–H groups in total. The van der Waals surface area contributed by atoms with Gasteiger partial charge in [-0.2, -0.15) is 5.26 Å². The largest absolute Gasteiger partial charge is 0.497 e. The SMILES string of the molecule is COc1ccc(C[NH+](C)CC(=O)Nc2ccccc2C#N)c(OC)c1. The van der Waals surface area contributed by atoms with Gasteiger partial charge in [0.2, 0.25) is 0 Å². The van der Waals surface area contributed by atoms with Gasteiger partial charge in [-0.15, -0.1) is 0 Å². The Hall–Kier alpha value is -3.04. The number of methoxy groups -OCH3 is 2. The summed E-state index contributed by atoms with van der Waals surface area (Å²) >= 11 is 0. The Morgan fingerprint density at radius 1 is 1.20 bits per heavy atom. The summed E-state index contributed by atoms with van der Waals surface area (Å²) < 4.78 is 10.6. The molecule has 6 heteroatoms. The van der Waals surface area contributed by atoms with Gasteiger partial charge in [0, 0.05) is 11.6 Å². The summed E-state index contributed by atoms with van der Waals surface area (Å²) in [6.07, 6.45) is 0. The smallest absolute Gasteiger partial charge is 0.279 e. The lowest BCUT2D eigenvalue weighted by Gasteiger charge is -2.16. The monoisotopic (exact) mass is 340 g/mol. The number of amides is 1. The molecule has 1 amide bonds. The Morgan fingerprint density at radius 3 is 2.64 bits per heavy atom. The number of hydrogen-bond acceptors (Lipinski definition) is 4. The summed E-state index contributed by atoms with van der Waals surface area (Å²) in [5.41, 5.74) is 1.97. The number of anilines is 1. The van der Waals surface area contributed by atoms with Crippen LogP contribution in [0.15, 0.2) is 42.5 Å². The summed E-state index contributed by atoms with van der Waals surface area (Å²) in [5.74, 6) is 1.31. The van der Waals surface area contributed by atoms with Crippen LogP contribution in [-0.2, 0) is 11.3 Å². The zero-order chi connectivity index (χ0) is 18.2. The van der Waals surface area contributed by atoms with Gasteiger partial charge in [0.25, 0.3) is 5.91 Å². The average Bonchev–Trinajstić information content (AvgIpc) is 2.62. The predicted molar refractivity (Wildman–Crippen MR) is 94.8 cm³/mol. The van der Waals surface area contributed by atoms with Crippen molar-refractivity contribution < 1.29 is 19.2 Å². The van der Waals surface area contributed by atoms with Gasteiger partial charge < -0.3 is 19.7 Å². The van der Waals surface area contributed by atoms with E-state index >= 15 is 0 Å². The maximum Gasteiger partial charge on any atom is 0.279 e. The third-order valence-corrected chi connectivity index (χ3v) is 3.77. The molecule has 25 heavy (non-hydrogen) atoms. The lowest BCUT2D eigenvalue weighted by atomic mass is 10.1. The first-order valence-electron chi connectivity index (χ1n) is 7.88. The van der Waals surface area contributed by atoms with Crippen molar-refractivity contribution in [2.75, 3.05) is 33.1 Å². The zero-order valence-electron chi connectivity index (χ0n) is 14.6. The van der Waals surface area contributed by atoms with Crippen LogP contribution >= 0.6 is 0 Å². The van der Waals surface area contributed by atoms with E-state index in [1.54, 1.807) is 38.5 Å². The Labute approximate surface area is 147 Å². The van der Waals surface area contributed by atoms with Gasteiger partial charge in [-0.25, -0.2) is 0 Å². The number of hydrogen-bond donors (Lipinski definition) is 2. The molecule has 2 aromatic carbocycles. The Kier molecular flexibility index (Phi) is 6.38. The number of carbonyl (C=O) groups excluding carboxylic acids is 1. The number of likely N-dealkylation sites (N-methyl/N-ethyl adjacent to an activating group) is 1. The van der Waals surface area contributed by atoms with Gasteiger partial charge >= 0.3 is 0 Å². The topological polar surface area (TPSA) is 75.8 Å². The van der Waals surface area contributed by atoms with Crippen LogP contribution < -0.4 is 19.7 Å². The van der Waals surface area contributed by atoms with Crippen molar-refractivity contribution >= 4 is 11.6 Å². The predicted octanol–water partition coefficient (Wildman–Crippen LogP) is 1.23. The Balaban J connectivity index is 1.99. The van der Waals surface area contributed by atoms with Crippen molar-refractivity contribution in [1.82, 2.24) is 0 Å². The van der Waals surface area contributed by atoms with Crippen LogP contribution in [0.2, 0.25) is 0 Å². The van der Waals surface area contributed by atoms with Crippen LogP contribution in [0.5, 0.6) is 11.5 Å². The molecule has 0 radical (unpaired) electrons. The minimum Gasteiger partial charge on any atom is -0.497 e. The standard InChI is InChI=1S/C19H21N3O3/c1-22(12-15-8-9-16(24-2)10-18(15)25-3)13-19(23)21-17-7-5-4-6-14(17)11-20/h4-10H,12-13H2,1-3H3,(H,21,23)/p+1. The molecule has 1 unspecified atom stereocenters. The van der Waals surface area contributed by atoms with Gasteiger partial charge in [-0.3, -0.25) is 4.79 Å². The van der Waals surface area contributed by atoms with Crippen molar-refractivity contribution in [2.24, 2.45) is 0 Å². The lowest BCUT2D eigenvalue weighted by Crippen LogP contribution is -3.08. The molecule has 1 atom stereocenters. The normalized spacial score (nSPS) is 11.3. The fourth-order valence-corrected chi connectivity index (χ4v) is 2.54. The number of ether oxygens (including phenoxy) is 2. The van der Waals surface area contributed by atoms with Crippen LogP contribution in [0.25, 0.3) is 0 Å². The maximum absolute atomic E-state index is 12.2. The summed E-state index contributed by atoms with van der Waals surface area (Å²) in [7, 11) is 5.15. The Bertz CT molecular complexity index is 784. The van der Waals surface area contributed by atoms with Gasteiger partial charge in [-0.1, -0.05) is 12.1 Å². The van der Waals surface area contributed by atoms with E-state index in [4.69, 9.17) is 14.7 Å². The molecule has 130 valence electrons. The third-order valence-electron chi connectivity index (χ3n) is 3.77. The molecule has 0 heterocycles. The molecule has 0 saturated carbocycles. The molecule has 0 aliphatic carbocycles. The molecule has 0 aliphatic heterocycles. The molecule has 0 bridgehead atoms. The van der Waals surface area contributed by atoms with Crippen molar-refractivity contribution in [3.8, 4) is 17.6 Å². The molecule has 2 aromatic rings. The minimum absolute atomic E-state index is 0.146. The van der Waals surface area contributed by atoms with Crippen LogP contribution in [0.3, 0.4) is 0 Å². The van der Waals surface area contributed by atoms with Gasteiger partial charge in [0.15, 0.2) is 6.54 Å². The highest BCUT2D eigenvalue weighted by molar-refractivity contribution is 5.92. The van der Waals surface area contributed by atoms with E-state index in [-0.39, 0.29) is 12.5 Å². The molecule has 6 nitrogen and oxygen atoms in total. The first kappa shape index (κ1) is 18.3. The van der Waals surface area contributed by atoms with E-state index in [1.165, 1.54) is 0 Å². The van der Waals surface area contributed by atoms with Crippen molar-refractivity contribution in [1.29, 1.82) is 5.26 Å². The van der Waals surface area contributed by atoms with Crippen molar-refractivity contribution in [2.45, 2.75) is 6.54 Å². The summed E-state index contributed by atoms with van der Waals surface area (Å²) in [6, 6.07) is 14.6. The van der Waals surface area contributed by atoms with Crippen LogP contribution in [-0.4, -0.2) is 33.7 Å². The minimum atomic E-state index is -0.146. The number of nitrogens with zero attached hydrogens (tertiary/aromatic N) is 1. The fourth-order valence-electron chi connectivity index (χ4n) is 2.54. The second-order valence-corrected chi connectivity index (χ2v) is 5.69. The van der Waals surface area contributed by atoms with E-state index < -0.39 is 0 Å². The van der Waals surface area contributed by atoms with Crippen molar-refractivity contribution in [3.05, 3.63) is 53.6 Å². The highest BCUT2D eigenvalue weighted by Gasteiger charge is 2.15. The first-order chi connectivity index (χ1) is 12.1. The number of para-hydroxylation sites is 1. The van der Waals surface area contributed by atoms with E-state index in [0.717, 1.165) is 22.0 Å². The highest BCUT2D eigenvalue weighted by atomic mass is 16.5. The first-order valence-corrected chi connectivity index (χ1v) is 7.88. The summed E-state index contributed by atoms with van der Waals surface area (Å²) in [6.45, 7) is 0.898. The molecule has 0 saturated heterocycles. The van der Waals surface area contributed by atoms with Gasteiger partial charge in [-0.05, 0) is 24.3 Å². The van der Waals surface area contributed by atoms with Crippen molar-refractivity contribution in [3.63, 3.8) is 0 Å². The second-order valence-electron chi connectivity index (χ2n) is 5.69. The highest BCUT2D eigenvalue weighted by Crippen LogP contribution is 2.23. The fraction of sp³-hybridized carbons (Fsp3) is 0.263. The molecule has 2 rings (SSSR count). The summed E-state index contributed by atoms with van der Waals surface area (Å²) in [5, 5.41) is 11.9. The second kappa shape index (κ2) is 8.71. The number of nitriles is 1. The van der Waals surface area contributed by atoms with Crippen LogP contribution in [0, 0.1) is 11.3 Å². The lowest BCUT2D eigenvalue weighted by molar-refractivity contribution is -0.885. The molecule has 0 spiro atoms. The number of carbonyl (C=O) groups is 1. The molecular weight excluding hydrogens is 318 g/mol. The number of rotatable bonds is 7. The van der Waals surface area contributed by atoms with Crippen LogP contribution in [0.4, 0.5) is 5.69 Å². The molecule has 0 aromatic heterocycles. The number of nitrogens with one attached hydrogen (secondary N) is 2. The molecular formula is C19H22N3O3+. The van der Waals surface area contributed by atoms with E-state index in [0.29, 0.717) is 17.8 Å².